The highest BCUT2D eigenvalue weighted by atomic mass is 35.5. The second kappa shape index (κ2) is 4.53. The van der Waals surface area contributed by atoms with Crippen molar-refractivity contribution in [2.24, 2.45) is 5.73 Å². The highest BCUT2D eigenvalue weighted by Gasteiger charge is 2.09. The van der Waals surface area contributed by atoms with Crippen LogP contribution in [0.3, 0.4) is 0 Å². The molecule has 1 unspecified atom stereocenters. The Morgan fingerprint density at radius 1 is 1.50 bits per heavy atom. The molecule has 0 bridgehead atoms. The largest absolute Gasteiger partial charge is 0.481 e. The van der Waals surface area contributed by atoms with Gasteiger partial charge in [-0.15, -0.1) is 0 Å². The second-order valence-corrected chi connectivity index (χ2v) is 3.63. The Balaban J connectivity index is 2.82. The third kappa shape index (κ3) is 2.79. The zero-order chi connectivity index (χ0) is 10.7. The number of halogens is 2. The predicted octanol–water partition coefficient (Wildman–Crippen LogP) is 2.70. The van der Waals surface area contributed by atoms with E-state index in [9.17, 15) is 0 Å². The summed E-state index contributed by atoms with van der Waals surface area (Å²) in [6.45, 7) is 1.67. The molecule has 0 saturated heterocycles. The lowest BCUT2D eigenvalue weighted by Gasteiger charge is -2.13. The Morgan fingerprint density at radius 2 is 2.14 bits per heavy atom. The third-order valence-electron chi connectivity index (χ3n) is 1.64. The van der Waals surface area contributed by atoms with Gasteiger partial charge in [0.15, 0.2) is 6.10 Å². The Bertz CT molecular complexity index is 355. The van der Waals surface area contributed by atoms with Gasteiger partial charge in [0.25, 0.3) is 0 Å². The summed E-state index contributed by atoms with van der Waals surface area (Å²) >= 11 is 11.6. The lowest BCUT2D eigenvalue weighted by atomic mass is 10.3. The zero-order valence-corrected chi connectivity index (χ0v) is 9.06. The van der Waals surface area contributed by atoms with Gasteiger partial charge in [-0.3, -0.25) is 5.41 Å². The molecule has 76 valence electrons. The molecule has 0 aliphatic rings. The van der Waals surface area contributed by atoms with Crippen LogP contribution >= 0.6 is 23.2 Å². The van der Waals surface area contributed by atoms with E-state index in [4.69, 9.17) is 39.1 Å². The number of benzene rings is 1. The summed E-state index contributed by atoms with van der Waals surface area (Å²) in [6.07, 6.45) is -0.492. The van der Waals surface area contributed by atoms with Gasteiger partial charge in [-0.05, 0) is 25.1 Å². The van der Waals surface area contributed by atoms with E-state index in [-0.39, 0.29) is 5.84 Å². The first-order valence-corrected chi connectivity index (χ1v) is 4.72. The van der Waals surface area contributed by atoms with Crippen molar-refractivity contribution in [3.63, 3.8) is 0 Å². The molecule has 1 rings (SSSR count). The molecule has 5 heteroatoms. The van der Waals surface area contributed by atoms with Gasteiger partial charge in [-0.2, -0.15) is 0 Å². The lowest BCUT2D eigenvalue weighted by molar-refractivity contribution is 0.285. The fraction of sp³-hybridized carbons (Fsp3) is 0.222. The van der Waals surface area contributed by atoms with Gasteiger partial charge < -0.3 is 10.5 Å². The smallest absolute Gasteiger partial charge is 0.152 e. The van der Waals surface area contributed by atoms with Gasteiger partial charge >= 0.3 is 0 Å². The number of rotatable bonds is 3. The van der Waals surface area contributed by atoms with Crippen molar-refractivity contribution in [1.82, 2.24) is 0 Å². The van der Waals surface area contributed by atoms with Crippen LogP contribution < -0.4 is 10.5 Å². The average Bonchev–Trinajstić information content (AvgIpc) is 2.09. The monoisotopic (exact) mass is 232 g/mol. The van der Waals surface area contributed by atoms with Crippen molar-refractivity contribution >= 4 is 29.0 Å². The predicted molar refractivity (Wildman–Crippen MR) is 58.5 cm³/mol. The first-order valence-electron chi connectivity index (χ1n) is 3.96. The van der Waals surface area contributed by atoms with Crippen molar-refractivity contribution < 1.29 is 4.74 Å². The highest BCUT2D eigenvalue weighted by molar-refractivity contribution is 6.35. The molecule has 1 atom stereocenters. The summed E-state index contributed by atoms with van der Waals surface area (Å²) in [5, 5.41) is 8.09. The molecule has 3 N–H and O–H groups in total. The molecule has 0 aromatic heterocycles. The Hall–Kier alpha value is -0.930. The third-order valence-corrected chi connectivity index (χ3v) is 2.17. The summed E-state index contributed by atoms with van der Waals surface area (Å²) in [4.78, 5) is 0. The molecule has 0 fully saturated rings. The van der Waals surface area contributed by atoms with Gasteiger partial charge in [-0.1, -0.05) is 23.2 Å². The van der Waals surface area contributed by atoms with Crippen LogP contribution in [0.2, 0.25) is 10.0 Å². The van der Waals surface area contributed by atoms with Crippen LogP contribution in [0.15, 0.2) is 18.2 Å². The van der Waals surface area contributed by atoms with E-state index in [1.165, 1.54) is 0 Å². The minimum Gasteiger partial charge on any atom is -0.481 e. The SMILES string of the molecule is CC(Oc1ccc(Cl)cc1Cl)C(=N)N. The summed E-state index contributed by atoms with van der Waals surface area (Å²) in [5.74, 6) is 0.426. The maximum atomic E-state index is 7.15. The standard InChI is InChI=1S/C9H10Cl2N2O/c1-5(9(12)13)14-8-3-2-6(10)4-7(8)11/h2-5H,1H3,(H3,12,13). The maximum Gasteiger partial charge on any atom is 0.152 e. The quantitative estimate of drug-likeness (QED) is 0.622. The molecule has 0 radical (unpaired) electrons. The second-order valence-electron chi connectivity index (χ2n) is 2.79. The van der Waals surface area contributed by atoms with E-state index in [1.54, 1.807) is 25.1 Å². The van der Waals surface area contributed by atoms with Crippen molar-refractivity contribution in [3.8, 4) is 5.75 Å². The summed E-state index contributed by atoms with van der Waals surface area (Å²) < 4.78 is 5.32. The average molecular weight is 233 g/mol. The van der Waals surface area contributed by atoms with Crippen LogP contribution in [0.25, 0.3) is 0 Å². The molecule has 1 aromatic carbocycles. The van der Waals surface area contributed by atoms with Gasteiger partial charge in [0.1, 0.15) is 11.6 Å². The maximum absolute atomic E-state index is 7.15. The minimum atomic E-state index is -0.492. The minimum absolute atomic E-state index is 0.0454. The van der Waals surface area contributed by atoms with Crippen LogP contribution in [0.1, 0.15) is 6.92 Å². The molecule has 0 amide bonds. The van der Waals surface area contributed by atoms with Crippen LogP contribution in [-0.4, -0.2) is 11.9 Å². The highest BCUT2D eigenvalue weighted by Crippen LogP contribution is 2.28. The first-order chi connectivity index (χ1) is 6.50. The number of hydrogen-bond acceptors (Lipinski definition) is 2. The zero-order valence-electron chi connectivity index (χ0n) is 7.55. The summed E-state index contributed by atoms with van der Waals surface area (Å²) in [5.41, 5.74) is 5.25. The van der Waals surface area contributed by atoms with Gasteiger partial charge in [0.2, 0.25) is 0 Å². The van der Waals surface area contributed by atoms with E-state index in [2.05, 4.69) is 0 Å². The van der Waals surface area contributed by atoms with Crippen LogP contribution in [0.5, 0.6) is 5.75 Å². The summed E-state index contributed by atoms with van der Waals surface area (Å²) in [7, 11) is 0. The number of amidine groups is 1. The molecular formula is C9H10Cl2N2O. The topological polar surface area (TPSA) is 59.1 Å². The molecule has 0 saturated carbocycles. The normalized spacial score (nSPS) is 12.2. The lowest BCUT2D eigenvalue weighted by Crippen LogP contribution is -2.30. The summed E-state index contributed by atoms with van der Waals surface area (Å²) in [6, 6.07) is 4.88. The fourth-order valence-electron chi connectivity index (χ4n) is 0.825. The van der Waals surface area contributed by atoms with E-state index in [1.807, 2.05) is 0 Å². The van der Waals surface area contributed by atoms with Crippen molar-refractivity contribution in [2.45, 2.75) is 13.0 Å². The number of nitrogens with two attached hydrogens (primary N) is 1. The molecule has 1 aromatic rings. The van der Waals surface area contributed by atoms with Crippen LogP contribution in [0.4, 0.5) is 0 Å². The van der Waals surface area contributed by atoms with Gasteiger partial charge in [-0.25, -0.2) is 0 Å². The van der Waals surface area contributed by atoms with Gasteiger partial charge in [0.05, 0.1) is 5.02 Å². The van der Waals surface area contributed by atoms with E-state index in [0.717, 1.165) is 0 Å². The van der Waals surface area contributed by atoms with E-state index in [0.29, 0.717) is 15.8 Å². The number of ether oxygens (including phenoxy) is 1. The van der Waals surface area contributed by atoms with E-state index < -0.39 is 6.10 Å². The molecule has 0 aliphatic carbocycles. The number of nitrogens with one attached hydrogen (secondary N) is 1. The first kappa shape index (κ1) is 11.1. The Labute approximate surface area is 92.3 Å². The molecule has 14 heavy (non-hydrogen) atoms. The Kier molecular flexibility index (Phi) is 3.61. The Morgan fingerprint density at radius 3 is 2.64 bits per heavy atom. The molecule has 0 spiro atoms. The number of hydrogen-bond donors (Lipinski definition) is 2. The molecular weight excluding hydrogens is 223 g/mol. The fourth-order valence-corrected chi connectivity index (χ4v) is 1.28. The van der Waals surface area contributed by atoms with Crippen molar-refractivity contribution in [1.29, 1.82) is 5.41 Å². The van der Waals surface area contributed by atoms with Crippen LogP contribution in [0, 0.1) is 5.41 Å². The molecule has 0 aliphatic heterocycles. The molecule has 3 nitrogen and oxygen atoms in total. The van der Waals surface area contributed by atoms with Crippen LogP contribution in [-0.2, 0) is 0 Å². The van der Waals surface area contributed by atoms with Gasteiger partial charge in [0, 0.05) is 5.02 Å². The molecule has 0 heterocycles. The van der Waals surface area contributed by atoms with Crippen molar-refractivity contribution in [3.05, 3.63) is 28.2 Å². The van der Waals surface area contributed by atoms with Crippen molar-refractivity contribution in [2.75, 3.05) is 0 Å². The van der Waals surface area contributed by atoms with E-state index >= 15 is 0 Å².